The van der Waals surface area contributed by atoms with Crippen molar-refractivity contribution in [2.45, 2.75) is 45.8 Å². The van der Waals surface area contributed by atoms with Crippen LogP contribution in [-0.2, 0) is 0 Å². The number of benzene rings is 1. The first kappa shape index (κ1) is 18.3. The Kier molecular flexibility index (Phi) is 7.74. The fourth-order valence-corrected chi connectivity index (χ4v) is 2.40. The van der Waals surface area contributed by atoms with Gasteiger partial charge in [0.1, 0.15) is 5.75 Å². The number of rotatable bonds is 8. The Morgan fingerprint density at radius 1 is 1.27 bits per heavy atom. The maximum Gasteiger partial charge on any atom is 0.315 e. The Bertz CT molecular complexity index is 446. The van der Waals surface area contributed by atoms with E-state index in [0.29, 0.717) is 13.0 Å². The first-order chi connectivity index (χ1) is 10.5. The second-order valence-electron chi connectivity index (χ2n) is 5.78. The molecule has 0 saturated carbocycles. The van der Waals surface area contributed by atoms with Gasteiger partial charge in [0.05, 0.1) is 19.3 Å². The van der Waals surface area contributed by atoms with E-state index in [1.807, 2.05) is 38.1 Å². The van der Waals surface area contributed by atoms with Crippen molar-refractivity contribution in [2.24, 2.45) is 5.92 Å². The molecule has 3 atom stereocenters. The van der Waals surface area contributed by atoms with Gasteiger partial charge in [0, 0.05) is 6.54 Å². The number of hydrogen-bond acceptors (Lipinski definition) is 3. The summed E-state index contributed by atoms with van der Waals surface area (Å²) in [5.41, 5.74) is 1.05. The van der Waals surface area contributed by atoms with Crippen LogP contribution in [0.5, 0.6) is 5.75 Å². The number of methoxy groups -OCH3 is 1. The Hall–Kier alpha value is -1.75. The number of hydrogen-bond donors (Lipinski definition) is 3. The van der Waals surface area contributed by atoms with Crippen molar-refractivity contribution < 1.29 is 14.6 Å². The predicted molar refractivity (Wildman–Crippen MR) is 88.0 cm³/mol. The highest BCUT2D eigenvalue weighted by Crippen LogP contribution is 2.19. The Morgan fingerprint density at radius 2 is 1.91 bits per heavy atom. The maximum absolute atomic E-state index is 12.0. The third-order valence-corrected chi connectivity index (χ3v) is 3.59. The Balaban J connectivity index is 2.49. The fourth-order valence-electron chi connectivity index (χ4n) is 2.40. The largest absolute Gasteiger partial charge is 0.497 e. The Morgan fingerprint density at radius 3 is 2.41 bits per heavy atom. The van der Waals surface area contributed by atoms with Crippen LogP contribution in [-0.4, -0.2) is 30.9 Å². The van der Waals surface area contributed by atoms with Gasteiger partial charge in [0.15, 0.2) is 0 Å². The zero-order valence-electron chi connectivity index (χ0n) is 13.9. The number of carbonyl (C=O) groups excluding carboxylic acids is 1. The van der Waals surface area contributed by atoms with Gasteiger partial charge in [-0.15, -0.1) is 0 Å². The van der Waals surface area contributed by atoms with Crippen LogP contribution in [0.4, 0.5) is 4.79 Å². The van der Waals surface area contributed by atoms with Crippen molar-refractivity contribution in [1.82, 2.24) is 10.6 Å². The van der Waals surface area contributed by atoms with Gasteiger partial charge in [-0.2, -0.15) is 0 Å². The van der Waals surface area contributed by atoms with E-state index in [9.17, 15) is 9.90 Å². The summed E-state index contributed by atoms with van der Waals surface area (Å²) in [5, 5.41) is 15.2. The normalized spacial score (nSPS) is 14.8. The van der Waals surface area contributed by atoms with Gasteiger partial charge in [0.2, 0.25) is 0 Å². The standard InChI is InChI=1S/C17H28N2O3/c1-5-16(14-6-8-15(22-4)9-7-14)19-17(21)18-11-12(2)10-13(3)20/h6-9,12-13,16,20H,5,10-11H2,1-4H3,(H2,18,19,21). The summed E-state index contributed by atoms with van der Waals surface area (Å²) in [6, 6.07) is 7.50. The molecule has 1 rings (SSSR count). The smallest absolute Gasteiger partial charge is 0.315 e. The summed E-state index contributed by atoms with van der Waals surface area (Å²) in [6.07, 6.45) is 1.14. The molecule has 5 nitrogen and oxygen atoms in total. The zero-order chi connectivity index (χ0) is 16.5. The molecular weight excluding hydrogens is 280 g/mol. The van der Waals surface area contributed by atoms with Crippen LogP contribution >= 0.6 is 0 Å². The maximum atomic E-state index is 12.0. The molecule has 0 aliphatic heterocycles. The van der Waals surface area contributed by atoms with Gasteiger partial charge >= 0.3 is 6.03 Å². The van der Waals surface area contributed by atoms with Gasteiger partial charge in [-0.3, -0.25) is 0 Å². The Labute approximate surface area is 133 Å². The molecule has 1 aromatic carbocycles. The van der Waals surface area contributed by atoms with Crippen molar-refractivity contribution in [3.63, 3.8) is 0 Å². The molecule has 0 aromatic heterocycles. The van der Waals surface area contributed by atoms with E-state index in [-0.39, 0.29) is 24.1 Å². The van der Waals surface area contributed by atoms with E-state index in [2.05, 4.69) is 10.6 Å². The number of urea groups is 1. The molecule has 1 aromatic rings. The summed E-state index contributed by atoms with van der Waals surface area (Å²) >= 11 is 0. The van der Waals surface area contributed by atoms with Gasteiger partial charge < -0.3 is 20.5 Å². The van der Waals surface area contributed by atoms with E-state index in [1.54, 1.807) is 14.0 Å². The second kappa shape index (κ2) is 9.30. The number of amides is 2. The monoisotopic (exact) mass is 308 g/mol. The number of aliphatic hydroxyl groups is 1. The molecule has 0 aliphatic rings. The molecule has 2 amide bonds. The van der Waals surface area contributed by atoms with Crippen LogP contribution in [0.15, 0.2) is 24.3 Å². The third-order valence-electron chi connectivity index (χ3n) is 3.59. The first-order valence-corrected chi connectivity index (χ1v) is 7.82. The van der Waals surface area contributed by atoms with E-state index in [4.69, 9.17) is 4.74 Å². The molecule has 0 fully saturated rings. The van der Waals surface area contributed by atoms with Crippen molar-refractivity contribution in [3.8, 4) is 5.75 Å². The van der Waals surface area contributed by atoms with Gasteiger partial charge in [0.25, 0.3) is 0 Å². The van der Waals surface area contributed by atoms with Crippen LogP contribution in [0.25, 0.3) is 0 Å². The molecule has 0 saturated heterocycles. The lowest BCUT2D eigenvalue weighted by molar-refractivity contribution is 0.163. The summed E-state index contributed by atoms with van der Waals surface area (Å²) in [4.78, 5) is 12.0. The van der Waals surface area contributed by atoms with Crippen LogP contribution in [0.1, 0.15) is 45.2 Å². The summed E-state index contributed by atoms with van der Waals surface area (Å²) in [7, 11) is 1.63. The summed E-state index contributed by atoms with van der Waals surface area (Å²) in [6.45, 7) is 6.35. The number of nitrogens with one attached hydrogen (secondary N) is 2. The second-order valence-corrected chi connectivity index (χ2v) is 5.78. The highest BCUT2D eigenvalue weighted by molar-refractivity contribution is 5.74. The lowest BCUT2D eigenvalue weighted by Crippen LogP contribution is -2.40. The molecule has 0 heterocycles. The lowest BCUT2D eigenvalue weighted by Gasteiger charge is -2.20. The molecule has 0 aliphatic carbocycles. The minimum Gasteiger partial charge on any atom is -0.497 e. The first-order valence-electron chi connectivity index (χ1n) is 7.82. The molecule has 22 heavy (non-hydrogen) atoms. The topological polar surface area (TPSA) is 70.6 Å². The van der Waals surface area contributed by atoms with Crippen molar-refractivity contribution in [1.29, 1.82) is 0 Å². The highest BCUT2D eigenvalue weighted by Gasteiger charge is 2.14. The SMILES string of the molecule is CCC(NC(=O)NCC(C)CC(C)O)c1ccc(OC)cc1. The average molecular weight is 308 g/mol. The molecule has 0 spiro atoms. The van der Waals surface area contributed by atoms with Crippen molar-refractivity contribution >= 4 is 6.03 Å². The predicted octanol–water partition coefficient (Wildman–Crippen LogP) is 2.85. The molecule has 124 valence electrons. The van der Waals surface area contributed by atoms with E-state index >= 15 is 0 Å². The fraction of sp³-hybridized carbons (Fsp3) is 0.588. The van der Waals surface area contributed by atoms with Crippen LogP contribution in [0.2, 0.25) is 0 Å². The highest BCUT2D eigenvalue weighted by atomic mass is 16.5. The summed E-state index contributed by atoms with van der Waals surface area (Å²) < 4.78 is 5.14. The van der Waals surface area contributed by atoms with Gasteiger partial charge in [-0.1, -0.05) is 26.0 Å². The molecular formula is C17H28N2O3. The van der Waals surface area contributed by atoms with E-state index < -0.39 is 0 Å². The van der Waals surface area contributed by atoms with Crippen LogP contribution in [0.3, 0.4) is 0 Å². The van der Waals surface area contributed by atoms with Crippen molar-refractivity contribution in [3.05, 3.63) is 29.8 Å². The molecule has 5 heteroatoms. The van der Waals surface area contributed by atoms with E-state index in [0.717, 1.165) is 17.7 Å². The van der Waals surface area contributed by atoms with Crippen LogP contribution < -0.4 is 15.4 Å². The number of ether oxygens (including phenoxy) is 1. The minimum atomic E-state index is -0.345. The zero-order valence-corrected chi connectivity index (χ0v) is 13.9. The molecule has 0 bridgehead atoms. The summed E-state index contributed by atoms with van der Waals surface area (Å²) in [5.74, 6) is 1.04. The molecule has 3 N–H and O–H groups in total. The van der Waals surface area contributed by atoms with Gasteiger partial charge in [-0.25, -0.2) is 4.79 Å². The number of carbonyl (C=O) groups is 1. The minimum absolute atomic E-state index is 0.0297. The van der Waals surface area contributed by atoms with Crippen LogP contribution in [0, 0.1) is 5.92 Å². The van der Waals surface area contributed by atoms with Gasteiger partial charge in [-0.05, 0) is 43.4 Å². The third kappa shape index (κ3) is 6.35. The van der Waals surface area contributed by atoms with Crippen molar-refractivity contribution in [2.75, 3.05) is 13.7 Å². The van der Waals surface area contributed by atoms with E-state index in [1.165, 1.54) is 0 Å². The molecule has 0 radical (unpaired) electrons. The average Bonchev–Trinajstić information content (AvgIpc) is 2.50. The molecule has 3 unspecified atom stereocenters. The number of aliphatic hydroxyl groups excluding tert-OH is 1. The quantitative estimate of drug-likeness (QED) is 0.691. The lowest BCUT2D eigenvalue weighted by atomic mass is 10.0.